The third-order valence-electron chi connectivity index (χ3n) is 3.58. The molecule has 0 unspecified atom stereocenters. The number of hydrogen-bond donors (Lipinski definition) is 0. The standard InChI is InChI=1S/C19H21ClFNO3/c1-12(2)25-17-9-8-13(10-18(17)24-4)19(23)22(3)11-14-15(20)6-5-7-16(14)21/h5-10,12H,11H2,1-4H3. The number of hydrogen-bond acceptors (Lipinski definition) is 3. The van der Waals surface area contributed by atoms with Gasteiger partial charge in [0.1, 0.15) is 5.82 Å². The Kier molecular flexibility index (Phi) is 6.26. The van der Waals surface area contributed by atoms with Crippen LogP contribution in [0, 0.1) is 5.82 Å². The van der Waals surface area contributed by atoms with E-state index in [-0.39, 0.29) is 29.1 Å². The van der Waals surface area contributed by atoms with E-state index in [0.717, 1.165) is 0 Å². The molecular weight excluding hydrogens is 345 g/mol. The lowest BCUT2D eigenvalue weighted by Gasteiger charge is -2.20. The van der Waals surface area contributed by atoms with E-state index in [2.05, 4.69) is 0 Å². The number of nitrogens with zero attached hydrogens (tertiary/aromatic N) is 1. The highest BCUT2D eigenvalue weighted by Gasteiger charge is 2.18. The number of rotatable bonds is 6. The number of carbonyl (C=O) groups is 1. The molecule has 0 saturated carbocycles. The third-order valence-corrected chi connectivity index (χ3v) is 3.93. The second-order valence-electron chi connectivity index (χ2n) is 5.89. The molecule has 0 N–H and O–H groups in total. The molecule has 0 fully saturated rings. The SMILES string of the molecule is COc1cc(C(=O)N(C)Cc2c(F)cccc2Cl)ccc1OC(C)C. The lowest BCUT2D eigenvalue weighted by molar-refractivity contribution is 0.0783. The number of benzene rings is 2. The van der Waals surface area contributed by atoms with Gasteiger partial charge >= 0.3 is 0 Å². The number of carbonyl (C=O) groups excluding carboxylic acids is 1. The molecular formula is C19H21ClFNO3. The average molecular weight is 366 g/mol. The molecule has 1 amide bonds. The Bertz CT molecular complexity index is 744. The summed E-state index contributed by atoms with van der Waals surface area (Å²) in [6.07, 6.45) is -0.0127. The number of ether oxygens (including phenoxy) is 2. The van der Waals surface area contributed by atoms with E-state index in [1.54, 1.807) is 31.3 Å². The molecule has 0 spiro atoms. The molecule has 0 bridgehead atoms. The van der Waals surface area contributed by atoms with Gasteiger partial charge in [-0.15, -0.1) is 0 Å². The smallest absolute Gasteiger partial charge is 0.254 e. The van der Waals surface area contributed by atoms with Crippen molar-refractivity contribution in [3.05, 3.63) is 58.4 Å². The van der Waals surface area contributed by atoms with E-state index in [9.17, 15) is 9.18 Å². The minimum absolute atomic E-state index is 0.0127. The summed E-state index contributed by atoms with van der Waals surface area (Å²) in [5.74, 6) is 0.324. The van der Waals surface area contributed by atoms with E-state index in [4.69, 9.17) is 21.1 Å². The fourth-order valence-corrected chi connectivity index (χ4v) is 2.59. The fourth-order valence-electron chi connectivity index (χ4n) is 2.36. The van der Waals surface area contributed by atoms with Crippen LogP contribution in [0.3, 0.4) is 0 Å². The Morgan fingerprint density at radius 1 is 1.24 bits per heavy atom. The van der Waals surface area contributed by atoms with Crippen molar-refractivity contribution >= 4 is 17.5 Å². The van der Waals surface area contributed by atoms with Gasteiger partial charge in [0.15, 0.2) is 11.5 Å². The molecule has 0 radical (unpaired) electrons. The second kappa shape index (κ2) is 8.21. The Morgan fingerprint density at radius 3 is 2.56 bits per heavy atom. The zero-order valence-electron chi connectivity index (χ0n) is 14.7. The van der Waals surface area contributed by atoms with Crippen molar-refractivity contribution in [2.45, 2.75) is 26.5 Å². The molecule has 2 aromatic rings. The molecule has 0 aromatic heterocycles. The van der Waals surface area contributed by atoms with Gasteiger partial charge in [-0.1, -0.05) is 17.7 Å². The van der Waals surface area contributed by atoms with Crippen LogP contribution in [-0.2, 0) is 6.54 Å². The van der Waals surface area contributed by atoms with Crippen LogP contribution in [0.2, 0.25) is 5.02 Å². The highest BCUT2D eigenvalue weighted by atomic mass is 35.5. The van der Waals surface area contributed by atoms with Crippen LogP contribution in [0.25, 0.3) is 0 Å². The second-order valence-corrected chi connectivity index (χ2v) is 6.30. The summed E-state index contributed by atoms with van der Waals surface area (Å²) in [6, 6.07) is 9.40. The Hall–Kier alpha value is -2.27. The molecule has 0 aliphatic carbocycles. The topological polar surface area (TPSA) is 38.8 Å². The van der Waals surface area contributed by atoms with E-state index in [1.165, 1.54) is 24.1 Å². The largest absolute Gasteiger partial charge is 0.493 e. The Labute approximate surface area is 152 Å². The fraction of sp³-hybridized carbons (Fsp3) is 0.316. The zero-order chi connectivity index (χ0) is 18.6. The first-order valence-corrected chi connectivity index (χ1v) is 8.24. The minimum atomic E-state index is -0.439. The first kappa shape index (κ1) is 19.1. The van der Waals surface area contributed by atoms with Crippen molar-refractivity contribution in [2.24, 2.45) is 0 Å². The van der Waals surface area contributed by atoms with Crippen LogP contribution >= 0.6 is 11.6 Å². The maximum absolute atomic E-state index is 13.9. The van der Waals surface area contributed by atoms with Gasteiger partial charge in [0, 0.05) is 29.7 Å². The first-order valence-electron chi connectivity index (χ1n) is 7.86. The van der Waals surface area contributed by atoms with Crippen molar-refractivity contribution in [3.8, 4) is 11.5 Å². The molecule has 0 atom stereocenters. The van der Waals surface area contributed by atoms with Crippen LogP contribution in [0.5, 0.6) is 11.5 Å². The van der Waals surface area contributed by atoms with Gasteiger partial charge in [-0.2, -0.15) is 0 Å². The third kappa shape index (κ3) is 4.63. The predicted octanol–water partition coefficient (Wildman–Crippen LogP) is 4.55. The summed E-state index contributed by atoms with van der Waals surface area (Å²) in [6.45, 7) is 3.88. The number of amides is 1. The Morgan fingerprint density at radius 2 is 1.96 bits per heavy atom. The van der Waals surface area contributed by atoms with Gasteiger partial charge in [-0.3, -0.25) is 4.79 Å². The summed E-state index contributed by atoms with van der Waals surface area (Å²) < 4.78 is 24.8. The molecule has 0 aliphatic rings. The molecule has 0 aliphatic heterocycles. The van der Waals surface area contributed by atoms with Crippen molar-refractivity contribution in [1.29, 1.82) is 0 Å². The van der Waals surface area contributed by atoms with Gasteiger partial charge in [-0.05, 0) is 44.2 Å². The molecule has 6 heteroatoms. The molecule has 2 aromatic carbocycles. The molecule has 0 saturated heterocycles. The summed E-state index contributed by atoms with van der Waals surface area (Å²) in [4.78, 5) is 14.0. The summed E-state index contributed by atoms with van der Waals surface area (Å²) in [5.41, 5.74) is 0.703. The van der Waals surface area contributed by atoms with Crippen LogP contribution in [0.1, 0.15) is 29.8 Å². The number of halogens is 2. The predicted molar refractivity (Wildman–Crippen MR) is 96.0 cm³/mol. The first-order chi connectivity index (χ1) is 11.8. The van der Waals surface area contributed by atoms with Crippen molar-refractivity contribution in [1.82, 2.24) is 4.90 Å². The van der Waals surface area contributed by atoms with Gasteiger partial charge in [-0.25, -0.2) is 4.39 Å². The summed E-state index contributed by atoms with van der Waals surface area (Å²) >= 11 is 6.03. The van der Waals surface area contributed by atoms with Crippen molar-refractivity contribution in [2.75, 3.05) is 14.2 Å². The van der Waals surface area contributed by atoms with Crippen molar-refractivity contribution < 1.29 is 18.7 Å². The maximum Gasteiger partial charge on any atom is 0.254 e. The van der Waals surface area contributed by atoms with Crippen LogP contribution < -0.4 is 9.47 Å². The Balaban J connectivity index is 2.22. The normalized spacial score (nSPS) is 10.7. The van der Waals surface area contributed by atoms with E-state index in [1.807, 2.05) is 13.8 Å². The highest BCUT2D eigenvalue weighted by molar-refractivity contribution is 6.31. The molecule has 2 rings (SSSR count). The lowest BCUT2D eigenvalue weighted by Crippen LogP contribution is -2.26. The lowest BCUT2D eigenvalue weighted by atomic mass is 10.1. The van der Waals surface area contributed by atoms with Gasteiger partial charge in [0.2, 0.25) is 0 Å². The molecule has 4 nitrogen and oxygen atoms in total. The zero-order valence-corrected chi connectivity index (χ0v) is 15.4. The molecule has 25 heavy (non-hydrogen) atoms. The van der Waals surface area contributed by atoms with Gasteiger partial charge in [0.25, 0.3) is 5.91 Å². The quantitative estimate of drug-likeness (QED) is 0.754. The van der Waals surface area contributed by atoms with Crippen LogP contribution in [-0.4, -0.2) is 31.1 Å². The van der Waals surface area contributed by atoms with Gasteiger partial charge < -0.3 is 14.4 Å². The van der Waals surface area contributed by atoms with E-state index >= 15 is 0 Å². The number of methoxy groups -OCH3 is 1. The molecule has 0 heterocycles. The maximum atomic E-state index is 13.9. The molecule has 134 valence electrons. The van der Waals surface area contributed by atoms with E-state index in [0.29, 0.717) is 17.1 Å². The minimum Gasteiger partial charge on any atom is -0.493 e. The highest BCUT2D eigenvalue weighted by Crippen LogP contribution is 2.29. The van der Waals surface area contributed by atoms with Crippen molar-refractivity contribution in [3.63, 3.8) is 0 Å². The average Bonchev–Trinajstić information content (AvgIpc) is 2.57. The van der Waals surface area contributed by atoms with E-state index < -0.39 is 5.82 Å². The van der Waals surface area contributed by atoms with Gasteiger partial charge in [0.05, 0.1) is 13.2 Å². The summed E-state index contributed by atoms with van der Waals surface area (Å²) in [7, 11) is 3.11. The summed E-state index contributed by atoms with van der Waals surface area (Å²) in [5, 5.41) is 0.290. The monoisotopic (exact) mass is 365 g/mol. The van der Waals surface area contributed by atoms with Crippen LogP contribution in [0.4, 0.5) is 4.39 Å². The van der Waals surface area contributed by atoms with Crippen LogP contribution in [0.15, 0.2) is 36.4 Å².